The molecule has 3 aromatic rings. The highest BCUT2D eigenvalue weighted by molar-refractivity contribution is 7.17. The van der Waals surface area contributed by atoms with E-state index in [1.54, 1.807) is 14.0 Å². The van der Waals surface area contributed by atoms with Crippen molar-refractivity contribution >= 4 is 17.2 Å². The smallest absolute Gasteiger partial charge is 0.277 e. The van der Waals surface area contributed by atoms with Gasteiger partial charge in [-0.3, -0.25) is 9.59 Å². The fourth-order valence-electron chi connectivity index (χ4n) is 3.51. The van der Waals surface area contributed by atoms with Crippen LogP contribution in [0.25, 0.3) is 10.6 Å². The number of fused-ring (bicyclic) bond motifs is 1. The first-order chi connectivity index (χ1) is 14.6. The number of amides is 1. The maximum atomic E-state index is 13.1. The summed E-state index contributed by atoms with van der Waals surface area (Å²) < 4.78 is 12.1. The highest BCUT2D eigenvalue weighted by Crippen LogP contribution is 2.36. The summed E-state index contributed by atoms with van der Waals surface area (Å²) >= 11 is 1.21. The number of hydrogen-bond donors (Lipinski definition) is 1. The first kappa shape index (κ1) is 21.0. The third kappa shape index (κ3) is 3.69. The molecule has 0 saturated carbocycles. The van der Waals surface area contributed by atoms with E-state index in [-0.39, 0.29) is 18.3 Å². The summed E-state index contributed by atoms with van der Waals surface area (Å²) in [6.45, 7) is 9.51. The van der Waals surface area contributed by atoms with Gasteiger partial charge in [-0.25, -0.2) is 9.67 Å². The molecule has 1 amide bonds. The summed E-state index contributed by atoms with van der Waals surface area (Å²) in [6, 6.07) is 5.62. The Hall–Kier alpha value is -3.20. The van der Waals surface area contributed by atoms with Gasteiger partial charge in [-0.05, 0) is 57.9 Å². The number of nitrogens with one attached hydrogen (secondary N) is 1. The van der Waals surface area contributed by atoms with Crippen molar-refractivity contribution in [1.82, 2.24) is 20.1 Å². The van der Waals surface area contributed by atoms with Crippen LogP contribution in [-0.4, -0.2) is 27.5 Å². The van der Waals surface area contributed by atoms with Gasteiger partial charge >= 0.3 is 0 Å². The van der Waals surface area contributed by atoms with E-state index in [1.807, 2.05) is 45.9 Å². The van der Waals surface area contributed by atoms with Gasteiger partial charge in [-0.15, -0.1) is 11.3 Å². The lowest BCUT2D eigenvalue weighted by Crippen LogP contribution is -2.40. The van der Waals surface area contributed by atoms with Crippen molar-refractivity contribution in [3.8, 4) is 22.1 Å². The second kappa shape index (κ2) is 7.49. The number of thiazole rings is 1. The average molecular weight is 441 g/mol. The van der Waals surface area contributed by atoms with Gasteiger partial charge in [0.15, 0.2) is 11.5 Å². The molecule has 1 N–H and O–H groups in total. The highest BCUT2D eigenvalue weighted by atomic mass is 32.1. The van der Waals surface area contributed by atoms with Gasteiger partial charge in [0.2, 0.25) is 6.79 Å². The fraction of sp³-hybridized carbons (Fsp3) is 0.364. The van der Waals surface area contributed by atoms with E-state index in [4.69, 9.17) is 9.47 Å². The van der Waals surface area contributed by atoms with Crippen LogP contribution < -0.4 is 20.3 Å². The predicted octanol–water partition coefficient (Wildman–Crippen LogP) is 3.22. The van der Waals surface area contributed by atoms with Gasteiger partial charge in [-0.1, -0.05) is 6.07 Å². The second-order valence-corrected chi connectivity index (χ2v) is 9.09. The SMILES string of the molecule is Cc1nc(-c2c(C)c(C)nn(C)c2=O)sc1C(=O)NC(C)(C)c1ccc2c(c1)OCO2. The molecule has 0 atom stereocenters. The lowest BCUT2D eigenvalue weighted by Gasteiger charge is -2.27. The Bertz CT molecular complexity index is 1260. The first-order valence-corrected chi connectivity index (χ1v) is 10.6. The zero-order chi connectivity index (χ0) is 22.5. The number of carbonyl (C=O) groups is 1. The van der Waals surface area contributed by atoms with E-state index < -0.39 is 5.54 Å². The lowest BCUT2D eigenvalue weighted by molar-refractivity contribution is 0.0915. The molecule has 1 aromatic carbocycles. The Kier molecular flexibility index (Phi) is 5.09. The number of rotatable bonds is 4. The summed E-state index contributed by atoms with van der Waals surface area (Å²) in [5, 5.41) is 7.81. The van der Waals surface area contributed by atoms with Crippen molar-refractivity contribution in [2.24, 2.45) is 7.05 Å². The Labute approximate surface area is 183 Å². The Morgan fingerprint density at radius 3 is 2.61 bits per heavy atom. The standard InChI is InChI=1S/C22H24N4O4S/c1-11-12(2)25-26(6)21(28)17(11)20-23-13(3)18(31-20)19(27)24-22(4,5)14-7-8-15-16(9-14)30-10-29-15/h7-9H,10H2,1-6H3,(H,24,27). The molecule has 0 aliphatic carbocycles. The second-order valence-electron chi connectivity index (χ2n) is 8.09. The predicted molar refractivity (Wildman–Crippen MR) is 118 cm³/mol. The van der Waals surface area contributed by atoms with Crippen molar-refractivity contribution < 1.29 is 14.3 Å². The molecule has 1 aliphatic rings. The summed E-state index contributed by atoms with van der Waals surface area (Å²) in [7, 11) is 1.61. The van der Waals surface area contributed by atoms with Gasteiger partial charge < -0.3 is 14.8 Å². The molecular weight excluding hydrogens is 416 g/mol. The number of hydrogen-bond acceptors (Lipinski definition) is 7. The molecule has 1 aliphatic heterocycles. The zero-order valence-corrected chi connectivity index (χ0v) is 19.1. The van der Waals surface area contributed by atoms with Crippen LogP contribution in [0.4, 0.5) is 0 Å². The zero-order valence-electron chi connectivity index (χ0n) is 18.3. The third-order valence-electron chi connectivity index (χ3n) is 5.46. The topological polar surface area (TPSA) is 95.3 Å². The van der Waals surface area contributed by atoms with Crippen LogP contribution in [0.5, 0.6) is 11.5 Å². The molecular formula is C22H24N4O4S. The molecule has 0 saturated heterocycles. The number of carbonyl (C=O) groups excluding carboxylic acids is 1. The minimum atomic E-state index is -0.659. The maximum absolute atomic E-state index is 13.1. The summed E-state index contributed by atoms with van der Waals surface area (Å²) in [6.07, 6.45) is 0. The quantitative estimate of drug-likeness (QED) is 0.669. The number of nitrogens with zero attached hydrogens (tertiary/aromatic N) is 3. The minimum Gasteiger partial charge on any atom is -0.454 e. The minimum absolute atomic E-state index is 0.196. The van der Waals surface area contributed by atoms with Crippen LogP contribution in [0.1, 0.15) is 46.0 Å². The van der Waals surface area contributed by atoms with Crippen LogP contribution in [-0.2, 0) is 12.6 Å². The molecule has 8 nitrogen and oxygen atoms in total. The molecule has 0 radical (unpaired) electrons. The molecule has 31 heavy (non-hydrogen) atoms. The lowest BCUT2D eigenvalue weighted by atomic mass is 9.93. The van der Waals surface area contributed by atoms with Crippen molar-refractivity contribution in [3.05, 3.63) is 55.9 Å². The van der Waals surface area contributed by atoms with Gasteiger partial charge in [0.25, 0.3) is 11.5 Å². The van der Waals surface area contributed by atoms with Crippen LogP contribution in [0, 0.1) is 20.8 Å². The van der Waals surface area contributed by atoms with Crippen LogP contribution in [0.2, 0.25) is 0 Å². The Morgan fingerprint density at radius 1 is 1.16 bits per heavy atom. The number of benzene rings is 1. The van der Waals surface area contributed by atoms with Crippen LogP contribution in [0.15, 0.2) is 23.0 Å². The molecule has 0 bridgehead atoms. The maximum Gasteiger partial charge on any atom is 0.277 e. The van der Waals surface area contributed by atoms with Gasteiger partial charge in [-0.2, -0.15) is 5.10 Å². The van der Waals surface area contributed by atoms with Crippen LogP contribution >= 0.6 is 11.3 Å². The van der Waals surface area contributed by atoms with Crippen molar-refractivity contribution in [3.63, 3.8) is 0 Å². The van der Waals surface area contributed by atoms with Gasteiger partial charge in [0, 0.05) is 7.05 Å². The molecule has 3 heterocycles. The normalized spacial score (nSPS) is 12.8. The first-order valence-electron chi connectivity index (χ1n) is 9.83. The van der Waals surface area contributed by atoms with E-state index >= 15 is 0 Å². The van der Waals surface area contributed by atoms with E-state index in [1.165, 1.54) is 16.0 Å². The fourth-order valence-corrected chi connectivity index (χ4v) is 4.57. The third-order valence-corrected chi connectivity index (χ3v) is 6.64. The van der Waals surface area contributed by atoms with Crippen LogP contribution in [0.3, 0.4) is 0 Å². The summed E-state index contributed by atoms with van der Waals surface area (Å²) in [5.41, 5.74) is 2.58. The van der Waals surface area contributed by atoms with E-state index in [2.05, 4.69) is 15.4 Å². The number of aromatic nitrogens is 3. The van der Waals surface area contributed by atoms with Gasteiger partial charge in [0.1, 0.15) is 9.88 Å². The highest BCUT2D eigenvalue weighted by Gasteiger charge is 2.28. The Morgan fingerprint density at radius 2 is 1.87 bits per heavy atom. The monoisotopic (exact) mass is 440 g/mol. The molecule has 4 rings (SSSR count). The Balaban J connectivity index is 1.65. The summed E-state index contributed by atoms with van der Waals surface area (Å²) in [4.78, 5) is 30.8. The summed E-state index contributed by atoms with van der Waals surface area (Å²) in [5.74, 6) is 1.11. The molecule has 0 unspecified atom stereocenters. The van der Waals surface area contributed by atoms with E-state index in [0.29, 0.717) is 32.6 Å². The van der Waals surface area contributed by atoms with E-state index in [0.717, 1.165) is 16.8 Å². The molecule has 0 spiro atoms. The molecule has 2 aromatic heterocycles. The van der Waals surface area contributed by atoms with Gasteiger partial charge in [0.05, 0.1) is 22.5 Å². The van der Waals surface area contributed by atoms with E-state index in [9.17, 15) is 9.59 Å². The largest absolute Gasteiger partial charge is 0.454 e. The molecule has 9 heteroatoms. The van der Waals surface area contributed by atoms with Crippen molar-refractivity contribution in [2.45, 2.75) is 40.2 Å². The number of ether oxygens (including phenoxy) is 2. The molecule has 162 valence electrons. The number of aryl methyl sites for hydroxylation is 3. The van der Waals surface area contributed by atoms with Crippen molar-refractivity contribution in [1.29, 1.82) is 0 Å². The molecule has 0 fully saturated rings. The van der Waals surface area contributed by atoms with Crippen molar-refractivity contribution in [2.75, 3.05) is 6.79 Å². The average Bonchev–Trinajstić information content (AvgIpc) is 3.32.